The van der Waals surface area contributed by atoms with Crippen molar-refractivity contribution in [2.45, 2.75) is 11.0 Å². The Bertz CT molecular complexity index is 987. The average molecular weight is 415 g/mol. The molecule has 8 heteroatoms. The summed E-state index contributed by atoms with van der Waals surface area (Å²) in [6.45, 7) is 0. The average Bonchev–Trinajstić information content (AvgIpc) is 3.30. The summed E-state index contributed by atoms with van der Waals surface area (Å²) in [6.07, 6.45) is 0. The summed E-state index contributed by atoms with van der Waals surface area (Å²) in [5, 5.41) is 12.6. The van der Waals surface area contributed by atoms with E-state index >= 15 is 0 Å². The quantitative estimate of drug-likeness (QED) is 0.432. The van der Waals surface area contributed by atoms with Gasteiger partial charge in [-0.15, -0.1) is 10.2 Å². The molecule has 124 valence electrons. The molecule has 4 rings (SSSR count). The molecule has 2 heterocycles. The van der Waals surface area contributed by atoms with Crippen LogP contribution in [0.3, 0.4) is 0 Å². The first kappa shape index (κ1) is 16.0. The minimum atomic E-state index is 0.456. The molecule has 0 spiro atoms. The minimum absolute atomic E-state index is 0.456. The Morgan fingerprint density at radius 3 is 2.64 bits per heavy atom. The van der Waals surface area contributed by atoms with Crippen LogP contribution in [0.4, 0.5) is 0 Å². The monoisotopic (exact) mass is 414 g/mol. The number of rotatable bonds is 5. The first-order chi connectivity index (χ1) is 12.3. The van der Waals surface area contributed by atoms with Gasteiger partial charge in [0.1, 0.15) is 0 Å². The van der Waals surface area contributed by atoms with Crippen LogP contribution in [0.5, 0.6) is 0 Å². The normalized spacial score (nSPS) is 10.9. The van der Waals surface area contributed by atoms with Crippen molar-refractivity contribution < 1.29 is 8.94 Å². The largest absolute Gasteiger partial charge is 0.411 e. The highest BCUT2D eigenvalue weighted by Gasteiger charge is 2.13. The molecule has 0 radical (unpaired) electrons. The summed E-state index contributed by atoms with van der Waals surface area (Å²) >= 11 is 4.79. The van der Waals surface area contributed by atoms with Crippen LogP contribution in [0.25, 0.3) is 22.8 Å². The van der Waals surface area contributed by atoms with Crippen molar-refractivity contribution in [1.82, 2.24) is 20.3 Å². The molecule has 0 unspecified atom stereocenters. The molecule has 0 atom stereocenters. The number of aromatic nitrogens is 4. The fourth-order valence-electron chi connectivity index (χ4n) is 2.15. The van der Waals surface area contributed by atoms with E-state index in [2.05, 4.69) is 36.3 Å². The maximum atomic E-state index is 5.64. The lowest BCUT2D eigenvalue weighted by atomic mass is 10.2. The molecule has 0 aliphatic heterocycles. The van der Waals surface area contributed by atoms with Crippen molar-refractivity contribution in [3.8, 4) is 22.8 Å². The standard InChI is InChI=1S/C17H11BrN4O2S/c18-13-8-4-7-12(9-13)15-19-14(24-22-15)10-25-17-21-20-16(23-17)11-5-2-1-3-6-11/h1-9H,10H2. The predicted molar refractivity (Wildman–Crippen MR) is 96.7 cm³/mol. The zero-order valence-electron chi connectivity index (χ0n) is 12.8. The van der Waals surface area contributed by atoms with Crippen molar-refractivity contribution in [2.24, 2.45) is 0 Å². The number of nitrogens with zero attached hydrogens (tertiary/aromatic N) is 4. The van der Waals surface area contributed by atoms with Crippen LogP contribution < -0.4 is 0 Å². The maximum absolute atomic E-state index is 5.64. The van der Waals surface area contributed by atoms with Crippen LogP contribution in [-0.2, 0) is 5.75 Å². The molecule has 0 fully saturated rings. The van der Waals surface area contributed by atoms with Crippen molar-refractivity contribution >= 4 is 27.7 Å². The van der Waals surface area contributed by atoms with Gasteiger partial charge in [0.25, 0.3) is 5.22 Å². The molecular weight excluding hydrogens is 404 g/mol. The molecule has 0 aliphatic carbocycles. The smallest absolute Gasteiger partial charge is 0.277 e. The van der Waals surface area contributed by atoms with Crippen LogP contribution in [0, 0.1) is 0 Å². The van der Waals surface area contributed by atoms with E-state index in [1.165, 1.54) is 11.8 Å². The van der Waals surface area contributed by atoms with Crippen LogP contribution in [-0.4, -0.2) is 20.3 Å². The Hall–Kier alpha value is -2.45. The van der Waals surface area contributed by atoms with Crippen LogP contribution in [0.1, 0.15) is 5.89 Å². The van der Waals surface area contributed by atoms with Gasteiger partial charge < -0.3 is 8.94 Å². The summed E-state index contributed by atoms with van der Waals surface area (Å²) in [5.41, 5.74) is 1.77. The van der Waals surface area contributed by atoms with E-state index in [1.54, 1.807) is 0 Å². The lowest BCUT2D eigenvalue weighted by Gasteiger charge is -1.94. The number of halogens is 1. The van der Waals surface area contributed by atoms with E-state index in [4.69, 9.17) is 8.94 Å². The molecule has 4 aromatic rings. The highest BCUT2D eigenvalue weighted by molar-refractivity contribution is 9.10. The lowest BCUT2D eigenvalue weighted by molar-refractivity contribution is 0.391. The Morgan fingerprint density at radius 2 is 1.80 bits per heavy atom. The zero-order chi connectivity index (χ0) is 17.1. The second-order valence-corrected chi connectivity index (χ2v) is 6.89. The third kappa shape index (κ3) is 3.80. The minimum Gasteiger partial charge on any atom is -0.411 e. The van der Waals surface area contributed by atoms with Crippen molar-refractivity contribution in [3.63, 3.8) is 0 Å². The SMILES string of the molecule is Brc1cccc(-c2noc(CSc3nnc(-c4ccccc4)o3)n2)c1. The van der Waals surface area contributed by atoms with Gasteiger partial charge in [0.15, 0.2) is 0 Å². The molecular formula is C17H11BrN4O2S. The predicted octanol–water partition coefficient (Wildman–Crippen LogP) is 4.84. The van der Waals surface area contributed by atoms with Crippen molar-refractivity contribution in [2.75, 3.05) is 0 Å². The third-order valence-electron chi connectivity index (χ3n) is 3.30. The van der Waals surface area contributed by atoms with Gasteiger partial charge in [-0.2, -0.15) is 4.98 Å². The molecule has 25 heavy (non-hydrogen) atoms. The Balaban J connectivity index is 1.43. The van der Waals surface area contributed by atoms with E-state index < -0.39 is 0 Å². The van der Waals surface area contributed by atoms with Crippen LogP contribution in [0.2, 0.25) is 0 Å². The lowest BCUT2D eigenvalue weighted by Crippen LogP contribution is -1.83. The van der Waals surface area contributed by atoms with E-state index in [-0.39, 0.29) is 0 Å². The number of thioether (sulfide) groups is 1. The molecule has 2 aromatic carbocycles. The highest BCUT2D eigenvalue weighted by Crippen LogP contribution is 2.26. The van der Waals surface area contributed by atoms with Gasteiger partial charge in [-0.25, -0.2) is 0 Å². The van der Waals surface area contributed by atoms with E-state index in [0.717, 1.165) is 15.6 Å². The van der Waals surface area contributed by atoms with Crippen molar-refractivity contribution in [3.05, 3.63) is 65.0 Å². The van der Waals surface area contributed by atoms with Gasteiger partial charge in [-0.3, -0.25) is 0 Å². The zero-order valence-corrected chi connectivity index (χ0v) is 15.2. The summed E-state index contributed by atoms with van der Waals surface area (Å²) in [6, 6.07) is 17.4. The second kappa shape index (κ2) is 7.20. The van der Waals surface area contributed by atoms with Gasteiger partial charge in [0, 0.05) is 15.6 Å². The van der Waals surface area contributed by atoms with Gasteiger partial charge in [0.05, 0.1) is 5.75 Å². The Kier molecular flexibility index (Phi) is 4.62. The Morgan fingerprint density at radius 1 is 0.960 bits per heavy atom. The van der Waals surface area contributed by atoms with Crippen molar-refractivity contribution in [1.29, 1.82) is 0 Å². The van der Waals surface area contributed by atoms with E-state index in [1.807, 2.05) is 54.6 Å². The van der Waals surface area contributed by atoms with E-state index in [0.29, 0.717) is 28.6 Å². The first-order valence-corrected chi connectivity index (χ1v) is 9.16. The molecule has 0 N–H and O–H groups in total. The highest BCUT2D eigenvalue weighted by atomic mass is 79.9. The Labute approximate surface area is 155 Å². The summed E-state index contributed by atoms with van der Waals surface area (Å²) in [7, 11) is 0. The van der Waals surface area contributed by atoms with Gasteiger partial charge >= 0.3 is 0 Å². The molecule has 0 bridgehead atoms. The fraction of sp³-hybridized carbons (Fsp3) is 0.0588. The number of benzene rings is 2. The molecule has 0 amide bonds. The topological polar surface area (TPSA) is 77.8 Å². The van der Waals surface area contributed by atoms with Gasteiger partial charge in [0.2, 0.25) is 17.6 Å². The third-order valence-corrected chi connectivity index (χ3v) is 4.59. The first-order valence-electron chi connectivity index (χ1n) is 7.38. The molecule has 0 saturated heterocycles. The van der Waals surface area contributed by atoms with Gasteiger partial charge in [-0.1, -0.05) is 63.2 Å². The summed E-state index contributed by atoms with van der Waals surface area (Å²) < 4.78 is 11.9. The maximum Gasteiger partial charge on any atom is 0.277 e. The molecule has 0 saturated carbocycles. The summed E-state index contributed by atoms with van der Waals surface area (Å²) in [5.74, 6) is 1.99. The number of hydrogen-bond acceptors (Lipinski definition) is 7. The summed E-state index contributed by atoms with van der Waals surface area (Å²) in [4.78, 5) is 4.39. The number of hydrogen-bond donors (Lipinski definition) is 0. The van der Waals surface area contributed by atoms with Gasteiger partial charge in [-0.05, 0) is 24.3 Å². The van der Waals surface area contributed by atoms with Crippen LogP contribution in [0.15, 0.2) is 73.2 Å². The molecule has 6 nitrogen and oxygen atoms in total. The molecule has 2 aromatic heterocycles. The van der Waals surface area contributed by atoms with E-state index in [9.17, 15) is 0 Å². The fourth-order valence-corrected chi connectivity index (χ4v) is 3.15. The second-order valence-electron chi connectivity index (χ2n) is 5.05. The molecule has 0 aliphatic rings. The van der Waals surface area contributed by atoms with Crippen LogP contribution >= 0.6 is 27.7 Å².